The average Bonchev–Trinajstić information content (AvgIpc) is 2.89. The van der Waals surface area contributed by atoms with Crippen molar-refractivity contribution in [1.29, 1.82) is 0 Å². The Hall–Kier alpha value is -1.64. The van der Waals surface area contributed by atoms with Crippen LogP contribution in [0.4, 0.5) is 0 Å². The number of H-pyrrole nitrogens is 1. The predicted molar refractivity (Wildman–Crippen MR) is 64.5 cm³/mol. The second kappa shape index (κ2) is 8.94. The minimum atomic E-state index is 0.921. The zero-order valence-corrected chi connectivity index (χ0v) is 9.86. The SMILES string of the molecule is CC.CC.c1ccc(-c2cnc[nH]2)nc1. The lowest BCUT2D eigenvalue weighted by atomic mass is 10.3. The number of aromatic nitrogens is 3. The van der Waals surface area contributed by atoms with Crippen LogP contribution in [-0.2, 0) is 0 Å². The second-order valence-corrected chi connectivity index (χ2v) is 2.18. The van der Waals surface area contributed by atoms with Gasteiger partial charge in [-0.25, -0.2) is 4.98 Å². The summed E-state index contributed by atoms with van der Waals surface area (Å²) in [4.78, 5) is 11.0. The quantitative estimate of drug-likeness (QED) is 0.773. The number of nitrogens with zero attached hydrogens (tertiary/aromatic N) is 2. The summed E-state index contributed by atoms with van der Waals surface area (Å²) >= 11 is 0. The number of imidazole rings is 1. The molecule has 0 aromatic carbocycles. The lowest BCUT2D eigenvalue weighted by Gasteiger charge is -1.92. The molecule has 0 atom stereocenters. The van der Waals surface area contributed by atoms with Crippen molar-refractivity contribution in [3.8, 4) is 11.4 Å². The smallest absolute Gasteiger partial charge is 0.0924 e. The second-order valence-electron chi connectivity index (χ2n) is 2.18. The van der Waals surface area contributed by atoms with Crippen molar-refractivity contribution in [2.45, 2.75) is 27.7 Å². The molecule has 0 radical (unpaired) electrons. The highest BCUT2D eigenvalue weighted by atomic mass is 14.9. The van der Waals surface area contributed by atoms with Crippen LogP contribution < -0.4 is 0 Å². The van der Waals surface area contributed by atoms with Gasteiger partial charge in [0.25, 0.3) is 0 Å². The molecule has 0 spiro atoms. The molecule has 3 nitrogen and oxygen atoms in total. The molecule has 0 saturated heterocycles. The van der Waals surface area contributed by atoms with Crippen molar-refractivity contribution in [2.24, 2.45) is 0 Å². The molecule has 0 aliphatic carbocycles. The van der Waals surface area contributed by atoms with E-state index in [1.54, 1.807) is 18.7 Å². The van der Waals surface area contributed by atoms with E-state index in [4.69, 9.17) is 0 Å². The molecule has 1 N–H and O–H groups in total. The molecular weight excluding hydrogens is 186 g/mol. The van der Waals surface area contributed by atoms with Crippen LogP contribution in [0.2, 0.25) is 0 Å². The Balaban J connectivity index is 0.000000442. The highest BCUT2D eigenvalue weighted by Gasteiger charge is 1.95. The van der Waals surface area contributed by atoms with Crippen LogP contribution in [0, 0.1) is 0 Å². The maximum absolute atomic E-state index is 4.15. The van der Waals surface area contributed by atoms with Gasteiger partial charge in [0.05, 0.1) is 23.9 Å². The van der Waals surface area contributed by atoms with E-state index in [2.05, 4.69) is 15.0 Å². The fraction of sp³-hybridized carbons (Fsp3) is 0.333. The van der Waals surface area contributed by atoms with E-state index in [-0.39, 0.29) is 0 Å². The minimum absolute atomic E-state index is 0.921. The summed E-state index contributed by atoms with van der Waals surface area (Å²) in [7, 11) is 0. The van der Waals surface area contributed by atoms with Gasteiger partial charge in [-0.3, -0.25) is 4.98 Å². The maximum Gasteiger partial charge on any atom is 0.0924 e. The normalized spacial score (nSPS) is 8.00. The summed E-state index contributed by atoms with van der Waals surface area (Å²) in [6.07, 6.45) is 5.16. The molecule has 0 fully saturated rings. The Labute approximate surface area is 91.6 Å². The van der Waals surface area contributed by atoms with Gasteiger partial charge in [-0.05, 0) is 12.1 Å². The number of nitrogens with one attached hydrogen (secondary N) is 1. The summed E-state index contributed by atoms with van der Waals surface area (Å²) in [5, 5.41) is 0. The number of hydrogen-bond donors (Lipinski definition) is 1. The van der Waals surface area contributed by atoms with Crippen LogP contribution in [0.15, 0.2) is 36.9 Å². The lowest BCUT2D eigenvalue weighted by molar-refractivity contribution is 1.27. The lowest BCUT2D eigenvalue weighted by Crippen LogP contribution is -1.79. The molecule has 0 aliphatic rings. The topological polar surface area (TPSA) is 41.6 Å². The fourth-order valence-corrected chi connectivity index (χ4v) is 0.918. The van der Waals surface area contributed by atoms with Gasteiger partial charge in [0.15, 0.2) is 0 Å². The summed E-state index contributed by atoms with van der Waals surface area (Å²) in [6.45, 7) is 8.00. The van der Waals surface area contributed by atoms with E-state index in [0.29, 0.717) is 0 Å². The summed E-state index contributed by atoms with van der Waals surface area (Å²) in [6, 6.07) is 5.77. The number of pyridine rings is 1. The monoisotopic (exact) mass is 205 g/mol. The predicted octanol–water partition coefficient (Wildman–Crippen LogP) is 3.52. The molecule has 2 rings (SSSR count). The van der Waals surface area contributed by atoms with Crippen molar-refractivity contribution < 1.29 is 0 Å². The Kier molecular flexibility index (Phi) is 7.96. The molecular formula is C12H19N3. The van der Waals surface area contributed by atoms with Crippen molar-refractivity contribution in [3.63, 3.8) is 0 Å². The van der Waals surface area contributed by atoms with Crippen LogP contribution in [0.5, 0.6) is 0 Å². The van der Waals surface area contributed by atoms with Gasteiger partial charge in [0.1, 0.15) is 0 Å². The van der Waals surface area contributed by atoms with E-state index in [1.165, 1.54) is 0 Å². The molecule has 0 amide bonds. The Morgan fingerprint density at radius 3 is 2.27 bits per heavy atom. The molecule has 2 aromatic rings. The van der Waals surface area contributed by atoms with Gasteiger partial charge >= 0.3 is 0 Å². The molecule has 2 aromatic heterocycles. The van der Waals surface area contributed by atoms with E-state index in [1.807, 2.05) is 45.9 Å². The highest BCUT2D eigenvalue weighted by Crippen LogP contribution is 2.10. The molecule has 3 heteroatoms. The van der Waals surface area contributed by atoms with Crippen LogP contribution in [-0.4, -0.2) is 15.0 Å². The first kappa shape index (κ1) is 13.4. The van der Waals surface area contributed by atoms with Crippen molar-refractivity contribution in [2.75, 3.05) is 0 Å². The van der Waals surface area contributed by atoms with Gasteiger partial charge in [0, 0.05) is 6.20 Å². The Bertz CT molecular complexity index is 314. The van der Waals surface area contributed by atoms with Gasteiger partial charge in [-0.2, -0.15) is 0 Å². The largest absolute Gasteiger partial charge is 0.343 e. The van der Waals surface area contributed by atoms with Crippen LogP contribution >= 0.6 is 0 Å². The van der Waals surface area contributed by atoms with Crippen LogP contribution in [0.3, 0.4) is 0 Å². The molecule has 0 bridgehead atoms. The number of aromatic amines is 1. The number of hydrogen-bond acceptors (Lipinski definition) is 2. The third-order valence-corrected chi connectivity index (χ3v) is 1.44. The first-order valence-corrected chi connectivity index (χ1v) is 5.36. The molecule has 15 heavy (non-hydrogen) atoms. The van der Waals surface area contributed by atoms with Gasteiger partial charge in [-0.1, -0.05) is 33.8 Å². The van der Waals surface area contributed by atoms with Gasteiger partial charge < -0.3 is 4.98 Å². The molecule has 0 saturated carbocycles. The average molecular weight is 205 g/mol. The fourth-order valence-electron chi connectivity index (χ4n) is 0.918. The van der Waals surface area contributed by atoms with E-state index in [9.17, 15) is 0 Å². The van der Waals surface area contributed by atoms with Crippen LogP contribution in [0.25, 0.3) is 11.4 Å². The highest BCUT2D eigenvalue weighted by molar-refractivity contribution is 5.51. The molecule has 2 heterocycles. The zero-order chi connectivity index (χ0) is 11.5. The summed E-state index contributed by atoms with van der Waals surface area (Å²) in [5.41, 5.74) is 1.87. The molecule has 82 valence electrons. The standard InChI is InChI=1S/C8H7N3.2C2H6/c1-2-4-10-7(3-1)8-5-9-6-11-8;2*1-2/h1-6H,(H,9,11);2*1-2H3. The maximum atomic E-state index is 4.15. The van der Waals surface area contributed by atoms with Crippen molar-refractivity contribution >= 4 is 0 Å². The zero-order valence-electron chi connectivity index (χ0n) is 9.86. The summed E-state index contributed by atoms with van der Waals surface area (Å²) in [5.74, 6) is 0. The van der Waals surface area contributed by atoms with Gasteiger partial charge in [0.2, 0.25) is 0 Å². The van der Waals surface area contributed by atoms with Gasteiger partial charge in [-0.15, -0.1) is 0 Å². The Morgan fingerprint density at radius 2 is 1.80 bits per heavy atom. The number of rotatable bonds is 1. The van der Waals surface area contributed by atoms with E-state index < -0.39 is 0 Å². The molecule has 0 aliphatic heterocycles. The first-order chi connectivity index (χ1) is 7.47. The Morgan fingerprint density at radius 1 is 1.07 bits per heavy atom. The van der Waals surface area contributed by atoms with Crippen LogP contribution in [0.1, 0.15) is 27.7 Å². The van der Waals surface area contributed by atoms with Crippen molar-refractivity contribution in [3.05, 3.63) is 36.9 Å². The molecule has 0 unspecified atom stereocenters. The van der Waals surface area contributed by atoms with Crippen molar-refractivity contribution in [1.82, 2.24) is 15.0 Å². The third-order valence-electron chi connectivity index (χ3n) is 1.44. The first-order valence-electron chi connectivity index (χ1n) is 5.36. The van der Waals surface area contributed by atoms with E-state index in [0.717, 1.165) is 11.4 Å². The third kappa shape index (κ3) is 4.40. The van der Waals surface area contributed by atoms with E-state index >= 15 is 0 Å². The minimum Gasteiger partial charge on any atom is -0.343 e. The summed E-state index contributed by atoms with van der Waals surface area (Å²) < 4.78 is 0.